The Morgan fingerprint density at radius 3 is 2.30 bits per heavy atom. The van der Waals surface area contributed by atoms with E-state index in [1.807, 2.05) is 31.2 Å². The Balaban J connectivity index is 1.77. The fraction of sp³-hybridized carbons (Fsp3) is 0.120. The van der Waals surface area contributed by atoms with Crippen LogP contribution in [0.5, 0.6) is 11.5 Å². The zero-order valence-electron chi connectivity index (χ0n) is 17.6. The van der Waals surface area contributed by atoms with Crippen LogP contribution in [0.4, 0.5) is 19.1 Å². The highest BCUT2D eigenvalue weighted by molar-refractivity contribution is 5.86. The lowest BCUT2D eigenvalue weighted by molar-refractivity contribution is -0.140. The summed E-state index contributed by atoms with van der Waals surface area (Å²) in [5.41, 5.74) is 6.43. The van der Waals surface area contributed by atoms with Crippen LogP contribution in [0.1, 0.15) is 16.8 Å². The number of hydrogen-bond donors (Lipinski definition) is 2. The third kappa shape index (κ3) is 4.74. The highest BCUT2D eigenvalue weighted by Crippen LogP contribution is 2.43. The van der Waals surface area contributed by atoms with E-state index in [0.29, 0.717) is 5.75 Å². The Hall–Kier alpha value is -4.07. The molecule has 1 heterocycles. The summed E-state index contributed by atoms with van der Waals surface area (Å²) in [6, 6.07) is 20.0. The number of aryl methyl sites for hydroxylation is 1. The number of halogens is 3. The molecule has 0 spiro atoms. The van der Waals surface area contributed by atoms with Crippen molar-refractivity contribution in [3.05, 3.63) is 89.6 Å². The van der Waals surface area contributed by atoms with E-state index in [9.17, 15) is 18.3 Å². The number of benzene rings is 3. The van der Waals surface area contributed by atoms with E-state index >= 15 is 0 Å². The number of rotatable bonds is 5. The van der Waals surface area contributed by atoms with Crippen molar-refractivity contribution in [2.45, 2.75) is 19.7 Å². The van der Waals surface area contributed by atoms with Crippen molar-refractivity contribution < 1.29 is 23.0 Å². The first kappa shape index (κ1) is 22.1. The summed E-state index contributed by atoms with van der Waals surface area (Å²) >= 11 is 0. The van der Waals surface area contributed by atoms with Gasteiger partial charge in [0.05, 0.1) is 5.69 Å². The Bertz CT molecular complexity index is 1290. The van der Waals surface area contributed by atoms with E-state index < -0.39 is 17.8 Å². The summed E-state index contributed by atoms with van der Waals surface area (Å²) in [6.45, 7) is 2.24. The van der Waals surface area contributed by atoms with Crippen molar-refractivity contribution in [1.82, 2.24) is 9.97 Å². The van der Waals surface area contributed by atoms with Crippen LogP contribution < -0.4 is 10.5 Å². The summed E-state index contributed by atoms with van der Waals surface area (Å²) in [5.74, 6) is -0.476. The maximum Gasteiger partial charge on any atom is 0.434 e. The van der Waals surface area contributed by atoms with Gasteiger partial charge < -0.3 is 15.6 Å². The Morgan fingerprint density at radius 2 is 1.64 bits per heavy atom. The molecular weight excluding hydrogens is 431 g/mol. The van der Waals surface area contributed by atoms with E-state index in [4.69, 9.17) is 10.5 Å². The zero-order chi connectivity index (χ0) is 23.6. The van der Waals surface area contributed by atoms with Gasteiger partial charge in [-0.25, -0.2) is 9.97 Å². The second-order valence-corrected chi connectivity index (χ2v) is 7.41. The van der Waals surface area contributed by atoms with Crippen molar-refractivity contribution in [2.75, 3.05) is 5.73 Å². The average Bonchev–Trinajstić information content (AvgIpc) is 2.78. The number of alkyl halides is 3. The molecule has 0 saturated carbocycles. The van der Waals surface area contributed by atoms with Crippen LogP contribution in [0.2, 0.25) is 0 Å². The summed E-state index contributed by atoms with van der Waals surface area (Å²) in [7, 11) is 0. The molecule has 0 aliphatic heterocycles. The smallest absolute Gasteiger partial charge is 0.434 e. The van der Waals surface area contributed by atoms with E-state index in [2.05, 4.69) is 9.97 Å². The molecule has 0 fully saturated rings. The number of aromatic nitrogens is 2. The molecule has 0 amide bonds. The molecule has 0 aliphatic carbocycles. The number of anilines is 1. The molecule has 3 aromatic carbocycles. The van der Waals surface area contributed by atoms with Crippen LogP contribution in [0.25, 0.3) is 22.4 Å². The number of nitrogens with zero attached hydrogens (tertiary/aromatic N) is 2. The summed E-state index contributed by atoms with van der Waals surface area (Å²) in [6.07, 6.45) is -4.77. The summed E-state index contributed by atoms with van der Waals surface area (Å²) in [5, 5.41) is 10.7. The second kappa shape index (κ2) is 8.82. The van der Waals surface area contributed by atoms with Crippen LogP contribution in [0, 0.1) is 6.92 Å². The van der Waals surface area contributed by atoms with Gasteiger partial charge in [0.15, 0.2) is 5.69 Å². The first-order valence-electron chi connectivity index (χ1n) is 10.0. The fourth-order valence-corrected chi connectivity index (χ4v) is 3.49. The van der Waals surface area contributed by atoms with E-state index in [1.54, 1.807) is 24.3 Å². The standard InChI is InChI=1S/C25H20F3N3O2/c1-15-7-5-6-10-17(15)14-33-18-11-12-19(20(32)13-18)22-21(16-8-3-2-4-9-16)23(25(26,27)28)31-24(29)30-22/h2-13,32H,14H2,1H3,(H2,29,30,31). The Labute approximate surface area is 188 Å². The Kier molecular flexibility index (Phi) is 5.91. The highest BCUT2D eigenvalue weighted by Gasteiger charge is 2.38. The van der Waals surface area contributed by atoms with Crippen molar-refractivity contribution in [1.29, 1.82) is 0 Å². The number of hydrogen-bond acceptors (Lipinski definition) is 5. The first-order valence-corrected chi connectivity index (χ1v) is 10.0. The third-order valence-electron chi connectivity index (χ3n) is 5.14. The van der Waals surface area contributed by atoms with Crippen LogP contribution in [0.3, 0.4) is 0 Å². The normalized spacial score (nSPS) is 11.4. The van der Waals surface area contributed by atoms with Crippen molar-refractivity contribution in [2.24, 2.45) is 0 Å². The summed E-state index contributed by atoms with van der Waals surface area (Å²) in [4.78, 5) is 7.52. The van der Waals surface area contributed by atoms with Gasteiger partial charge in [-0.2, -0.15) is 13.2 Å². The van der Waals surface area contributed by atoms with Crippen molar-refractivity contribution in [3.63, 3.8) is 0 Å². The van der Waals surface area contributed by atoms with Gasteiger partial charge in [0.25, 0.3) is 0 Å². The maximum atomic E-state index is 13.8. The van der Waals surface area contributed by atoms with Crippen molar-refractivity contribution in [3.8, 4) is 33.9 Å². The molecule has 33 heavy (non-hydrogen) atoms. The van der Waals surface area contributed by atoms with Gasteiger partial charge in [0, 0.05) is 17.2 Å². The third-order valence-corrected chi connectivity index (χ3v) is 5.14. The van der Waals surface area contributed by atoms with Crippen LogP contribution in [-0.4, -0.2) is 15.1 Å². The topological polar surface area (TPSA) is 81.3 Å². The lowest BCUT2D eigenvalue weighted by Gasteiger charge is -2.17. The minimum Gasteiger partial charge on any atom is -0.507 e. The summed E-state index contributed by atoms with van der Waals surface area (Å²) < 4.78 is 47.3. The van der Waals surface area contributed by atoms with E-state index in [1.165, 1.54) is 24.3 Å². The largest absolute Gasteiger partial charge is 0.507 e. The highest BCUT2D eigenvalue weighted by atomic mass is 19.4. The number of nitrogens with two attached hydrogens (primary N) is 1. The van der Waals surface area contributed by atoms with Gasteiger partial charge in [0.2, 0.25) is 5.95 Å². The van der Waals surface area contributed by atoms with Gasteiger partial charge >= 0.3 is 6.18 Å². The lowest BCUT2D eigenvalue weighted by Crippen LogP contribution is -2.14. The number of nitrogen functional groups attached to an aromatic ring is 1. The molecule has 0 bridgehead atoms. The van der Waals surface area contributed by atoms with Crippen LogP contribution in [-0.2, 0) is 12.8 Å². The molecule has 3 N–H and O–H groups in total. The zero-order valence-corrected chi connectivity index (χ0v) is 17.6. The molecule has 0 saturated heterocycles. The van der Waals surface area contributed by atoms with Gasteiger partial charge in [-0.3, -0.25) is 0 Å². The molecule has 8 heteroatoms. The quantitative estimate of drug-likeness (QED) is 0.389. The number of ether oxygens (including phenoxy) is 1. The molecule has 0 atom stereocenters. The van der Waals surface area contributed by atoms with Gasteiger partial charge in [0.1, 0.15) is 18.1 Å². The monoisotopic (exact) mass is 451 g/mol. The molecule has 0 radical (unpaired) electrons. The first-order chi connectivity index (χ1) is 15.7. The van der Waals surface area contributed by atoms with Gasteiger partial charge in [-0.1, -0.05) is 54.6 Å². The lowest BCUT2D eigenvalue weighted by atomic mass is 9.96. The predicted octanol–water partition coefficient (Wildman–Crippen LogP) is 6.00. The minimum absolute atomic E-state index is 0.0803. The molecule has 0 aliphatic rings. The van der Waals surface area contributed by atoms with Crippen LogP contribution in [0.15, 0.2) is 72.8 Å². The number of phenolic OH excluding ortho intramolecular Hbond substituents is 1. The Morgan fingerprint density at radius 1 is 0.939 bits per heavy atom. The molecular formula is C25H20F3N3O2. The second-order valence-electron chi connectivity index (χ2n) is 7.41. The maximum absolute atomic E-state index is 13.8. The molecule has 168 valence electrons. The SMILES string of the molecule is Cc1ccccc1COc1ccc(-c2nc(N)nc(C(F)(F)F)c2-c2ccccc2)c(O)c1. The van der Waals surface area contributed by atoms with Gasteiger partial charge in [-0.15, -0.1) is 0 Å². The average molecular weight is 451 g/mol. The minimum atomic E-state index is -4.77. The molecule has 4 rings (SSSR count). The van der Waals surface area contributed by atoms with Gasteiger partial charge in [-0.05, 0) is 35.7 Å². The number of aromatic hydroxyl groups is 1. The fourth-order valence-electron chi connectivity index (χ4n) is 3.49. The van der Waals surface area contributed by atoms with E-state index in [-0.39, 0.29) is 34.7 Å². The predicted molar refractivity (Wildman–Crippen MR) is 119 cm³/mol. The molecule has 1 aromatic heterocycles. The molecule has 0 unspecified atom stereocenters. The van der Waals surface area contributed by atoms with Crippen LogP contribution >= 0.6 is 0 Å². The van der Waals surface area contributed by atoms with Crippen molar-refractivity contribution >= 4 is 5.95 Å². The number of phenols is 1. The molecule has 4 aromatic rings. The van der Waals surface area contributed by atoms with E-state index in [0.717, 1.165) is 11.1 Å². The molecule has 5 nitrogen and oxygen atoms in total.